The van der Waals surface area contributed by atoms with Gasteiger partial charge in [0, 0.05) is 12.1 Å². The molecule has 0 amide bonds. The van der Waals surface area contributed by atoms with E-state index >= 15 is 0 Å². The van der Waals surface area contributed by atoms with Crippen LogP contribution in [0.25, 0.3) is 0 Å². The number of hydrogen-bond acceptors (Lipinski definition) is 5. The molecule has 0 fully saturated rings. The fourth-order valence-electron chi connectivity index (χ4n) is 2.26. The Kier molecular flexibility index (Phi) is 4.95. The Hall–Kier alpha value is -3.34. The fraction of sp³-hybridized carbons (Fsp3) is 0.100. The molecule has 0 spiro atoms. The maximum atomic E-state index is 10.2. The molecular weight excluding hydrogens is 320 g/mol. The van der Waals surface area contributed by atoms with E-state index in [1.807, 2.05) is 18.2 Å². The van der Waals surface area contributed by atoms with E-state index in [-0.39, 0.29) is 11.5 Å². The van der Waals surface area contributed by atoms with Gasteiger partial charge in [-0.2, -0.15) is 0 Å². The summed E-state index contributed by atoms with van der Waals surface area (Å²) < 4.78 is 22.1. The first-order valence-electron chi connectivity index (χ1n) is 7.65. The summed E-state index contributed by atoms with van der Waals surface area (Å²) in [6.07, 6.45) is 0. The summed E-state index contributed by atoms with van der Waals surface area (Å²) in [4.78, 5) is 0. The Morgan fingerprint density at radius 1 is 0.640 bits per heavy atom. The molecule has 0 bridgehead atoms. The minimum absolute atomic E-state index is 0.0248. The second kappa shape index (κ2) is 7.49. The largest absolute Gasteiger partial charge is 0.504 e. The van der Waals surface area contributed by atoms with Gasteiger partial charge in [-0.3, -0.25) is 0 Å². The molecule has 3 aromatic rings. The average Bonchev–Trinajstić information content (AvgIpc) is 2.65. The predicted molar refractivity (Wildman–Crippen MR) is 94.2 cm³/mol. The van der Waals surface area contributed by atoms with E-state index in [0.29, 0.717) is 28.7 Å². The van der Waals surface area contributed by atoms with Crippen molar-refractivity contribution in [2.75, 3.05) is 14.2 Å². The Labute approximate surface area is 146 Å². The van der Waals surface area contributed by atoms with Crippen molar-refractivity contribution in [3.63, 3.8) is 0 Å². The molecule has 0 aliphatic rings. The van der Waals surface area contributed by atoms with Gasteiger partial charge < -0.3 is 24.1 Å². The molecule has 3 aromatic carbocycles. The lowest BCUT2D eigenvalue weighted by atomic mass is 10.2. The lowest BCUT2D eigenvalue weighted by molar-refractivity contribution is 0.374. The van der Waals surface area contributed by atoms with Crippen LogP contribution in [0.2, 0.25) is 0 Å². The number of methoxy groups -OCH3 is 2. The third-order valence-electron chi connectivity index (χ3n) is 3.49. The van der Waals surface area contributed by atoms with Gasteiger partial charge in [0.2, 0.25) is 5.75 Å². The van der Waals surface area contributed by atoms with E-state index in [1.54, 1.807) is 56.7 Å². The van der Waals surface area contributed by atoms with Gasteiger partial charge in [-0.05, 0) is 36.4 Å². The van der Waals surface area contributed by atoms with Gasteiger partial charge in [-0.25, -0.2) is 0 Å². The zero-order chi connectivity index (χ0) is 17.6. The molecule has 0 heterocycles. The van der Waals surface area contributed by atoms with Crippen molar-refractivity contribution in [3.8, 4) is 40.2 Å². The van der Waals surface area contributed by atoms with Crippen LogP contribution in [0.1, 0.15) is 0 Å². The molecule has 5 nitrogen and oxygen atoms in total. The van der Waals surface area contributed by atoms with Gasteiger partial charge >= 0.3 is 0 Å². The van der Waals surface area contributed by atoms with Crippen LogP contribution in [0.4, 0.5) is 0 Å². The van der Waals surface area contributed by atoms with E-state index in [1.165, 1.54) is 6.07 Å². The summed E-state index contributed by atoms with van der Waals surface area (Å²) >= 11 is 0. The molecule has 0 saturated carbocycles. The van der Waals surface area contributed by atoms with E-state index in [0.717, 1.165) is 0 Å². The van der Waals surface area contributed by atoms with Crippen molar-refractivity contribution in [1.82, 2.24) is 0 Å². The van der Waals surface area contributed by atoms with Crippen LogP contribution < -0.4 is 18.9 Å². The molecule has 0 aliphatic carbocycles. The third-order valence-corrected chi connectivity index (χ3v) is 3.49. The highest BCUT2D eigenvalue weighted by molar-refractivity contribution is 5.54. The van der Waals surface area contributed by atoms with Crippen molar-refractivity contribution >= 4 is 0 Å². The Bertz CT molecular complexity index is 860. The first kappa shape index (κ1) is 16.5. The highest BCUT2D eigenvalue weighted by Gasteiger charge is 2.13. The second-order valence-corrected chi connectivity index (χ2v) is 5.17. The van der Waals surface area contributed by atoms with Crippen LogP contribution >= 0.6 is 0 Å². The number of rotatable bonds is 6. The maximum absolute atomic E-state index is 10.2. The standard InChI is InChI=1S/C20H18O5/c1-22-14-6-3-8-16(12-14)24-19-11-5-10-18(21)20(19)25-17-9-4-7-15(13-17)23-2/h3-13,21H,1-2H3. The zero-order valence-corrected chi connectivity index (χ0v) is 13.9. The molecule has 0 radical (unpaired) electrons. The summed E-state index contributed by atoms with van der Waals surface area (Å²) in [6.45, 7) is 0. The number of hydrogen-bond donors (Lipinski definition) is 1. The van der Waals surface area contributed by atoms with E-state index < -0.39 is 0 Å². The zero-order valence-electron chi connectivity index (χ0n) is 13.9. The summed E-state index contributed by atoms with van der Waals surface area (Å²) in [5.41, 5.74) is 0. The first-order chi connectivity index (χ1) is 12.2. The SMILES string of the molecule is COc1cccc(Oc2cccc(O)c2Oc2cccc(OC)c2)c1. The van der Waals surface area contributed by atoms with Gasteiger partial charge in [-0.1, -0.05) is 18.2 Å². The smallest absolute Gasteiger partial charge is 0.211 e. The summed E-state index contributed by atoms with van der Waals surface area (Å²) in [7, 11) is 3.17. The normalized spacial score (nSPS) is 10.2. The maximum Gasteiger partial charge on any atom is 0.211 e. The molecule has 128 valence electrons. The van der Waals surface area contributed by atoms with Gasteiger partial charge in [0.05, 0.1) is 14.2 Å². The number of ether oxygens (including phenoxy) is 4. The van der Waals surface area contributed by atoms with Gasteiger partial charge in [-0.15, -0.1) is 0 Å². The third kappa shape index (κ3) is 3.95. The van der Waals surface area contributed by atoms with Crippen molar-refractivity contribution in [1.29, 1.82) is 0 Å². The highest BCUT2D eigenvalue weighted by atomic mass is 16.5. The molecule has 0 aromatic heterocycles. The summed E-state index contributed by atoms with van der Waals surface area (Å²) in [6, 6.07) is 19.2. The molecule has 5 heteroatoms. The second-order valence-electron chi connectivity index (χ2n) is 5.17. The summed E-state index contributed by atoms with van der Waals surface area (Å²) in [5.74, 6) is 3.01. The minimum Gasteiger partial charge on any atom is -0.504 e. The number of benzene rings is 3. The van der Waals surface area contributed by atoms with Crippen molar-refractivity contribution in [3.05, 3.63) is 66.7 Å². The number of phenols is 1. The van der Waals surface area contributed by atoms with Crippen LogP contribution in [0.5, 0.6) is 40.2 Å². The Morgan fingerprint density at radius 3 is 1.76 bits per heavy atom. The fourth-order valence-corrected chi connectivity index (χ4v) is 2.26. The van der Waals surface area contributed by atoms with Crippen LogP contribution in [0.3, 0.4) is 0 Å². The van der Waals surface area contributed by atoms with E-state index in [4.69, 9.17) is 18.9 Å². The van der Waals surface area contributed by atoms with Gasteiger partial charge in [0.25, 0.3) is 0 Å². The summed E-state index contributed by atoms with van der Waals surface area (Å²) in [5, 5.41) is 10.2. The Balaban J connectivity index is 1.91. The van der Waals surface area contributed by atoms with Crippen molar-refractivity contribution in [2.24, 2.45) is 0 Å². The van der Waals surface area contributed by atoms with Gasteiger partial charge in [0.1, 0.15) is 23.0 Å². The molecule has 3 rings (SSSR count). The molecule has 0 saturated heterocycles. The molecule has 1 N–H and O–H groups in total. The molecule has 0 aliphatic heterocycles. The van der Waals surface area contributed by atoms with Crippen molar-refractivity contribution in [2.45, 2.75) is 0 Å². The molecule has 0 atom stereocenters. The lowest BCUT2D eigenvalue weighted by Gasteiger charge is -2.14. The van der Waals surface area contributed by atoms with Crippen molar-refractivity contribution < 1.29 is 24.1 Å². The van der Waals surface area contributed by atoms with E-state index in [9.17, 15) is 5.11 Å². The minimum atomic E-state index is -0.0248. The van der Waals surface area contributed by atoms with Crippen LogP contribution in [0.15, 0.2) is 66.7 Å². The molecular formula is C20H18O5. The molecule has 25 heavy (non-hydrogen) atoms. The average molecular weight is 338 g/mol. The lowest BCUT2D eigenvalue weighted by Crippen LogP contribution is -1.92. The van der Waals surface area contributed by atoms with Crippen LogP contribution in [0, 0.1) is 0 Å². The van der Waals surface area contributed by atoms with Crippen LogP contribution in [-0.4, -0.2) is 19.3 Å². The highest BCUT2D eigenvalue weighted by Crippen LogP contribution is 2.42. The first-order valence-corrected chi connectivity index (χ1v) is 7.65. The van der Waals surface area contributed by atoms with E-state index in [2.05, 4.69) is 0 Å². The monoisotopic (exact) mass is 338 g/mol. The van der Waals surface area contributed by atoms with Gasteiger partial charge in [0.15, 0.2) is 11.5 Å². The van der Waals surface area contributed by atoms with Crippen LogP contribution in [-0.2, 0) is 0 Å². The molecule has 0 unspecified atom stereocenters. The quantitative estimate of drug-likeness (QED) is 0.686. The topological polar surface area (TPSA) is 57.2 Å². The number of phenolic OH excluding ortho intramolecular Hbond substituents is 1. The predicted octanol–water partition coefficient (Wildman–Crippen LogP) is 4.99. The number of aromatic hydroxyl groups is 1. The number of para-hydroxylation sites is 1. The Morgan fingerprint density at radius 2 is 1.16 bits per heavy atom.